The molecule has 4 nitrogen and oxygen atoms in total. The molecule has 0 radical (unpaired) electrons. The number of hydrogen-bond acceptors (Lipinski definition) is 4. The van der Waals surface area contributed by atoms with Gasteiger partial charge in [-0.1, -0.05) is 83.6 Å². The zero-order chi connectivity index (χ0) is 17.9. The molecule has 1 heterocycles. The molecule has 25 heavy (non-hydrogen) atoms. The number of nitrogens with one attached hydrogen (secondary N) is 1. The molecule has 1 atom stereocenters. The Kier molecular flexibility index (Phi) is 5.30. The number of aromatic nitrogens is 2. The topological polar surface area (TPSA) is 54.9 Å². The van der Waals surface area contributed by atoms with E-state index in [-0.39, 0.29) is 11.8 Å². The number of amides is 1. The van der Waals surface area contributed by atoms with E-state index in [2.05, 4.69) is 55.7 Å². The number of nitrogens with zero attached hydrogens (tertiary/aromatic N) is 2. The molecule has 0 aliphatic rings. The lowest BCUT2D eigenvalue weighted by atomic mass is 9.70. The zero-order valence-corrected chi connectivity index (χ0v) is 16.3. The maximum Gasteiger partial charge on any atom is 0.232 e. The predicted molar refractivity (Wildman–Crippen MR) is 105 cm³/mol. The largest absolute Gasteiger partial charge is 0.300 e. The minimum atomic E-state index is -0.680. The summed E-state index contributed by atoms with van der Waals surface area (Å²) in [4.78, 5) is 13.0. The van der Waals surface area contributed by atoms with Gasteiger partial charge in [0.2, 0.25) is 11.0 Å². The molecule has 2 aromatic carbocycles. The fraction of sp³-hybridized carbons (Fsp3) is 0.211. The Hall–Kier alpha value is -2.05. The summed E-state index contributed by atoms with van der Waals surface area (Å²) in [5.74, 6) is -0.171. The van der Waals surface area contributed by atoms with Crippen LogP contribution in [-0.2, 0) is 4.79 Å². The second-order valence-corrected chi connectivity index (χ2v) is 8.06. The molecular weight excluding hydrogens is 398 g/mol. The molecule has 3 rings (SSSR count). The highest BCUT2D eigenvalue weighted by Crippen LogP contribution is 2.42. The van der Waals surface area contributed by atoms with Crippen molar-refractivity contribution in [2.45, 2.75) is 19.8 Å². The third-order valence-electron chi connectivity index (χ3n) is 4.22. The third-order valence-corrected chi connectivity index (χ3v) is 5.36. The quantitative estimate of drug-likeness (QED) is 0.630. The minimum absolute atomic E-state index is 0.0824. The van der Waals surface area contributed by atoms with E-state index < -0.39 is 5.41 Å². The first-order valence-electron chi connectivity index (χ1n) is 7.86. The lowest BCUT2D eigenvalue weighted by molar-refractivity contribution is -0.124. The van der Waals surface area contributed by atoms with Crippen LogP contribution in [0, 0.1) is 5.41 Å². The summed E-state index contributed by atoms with van der Waals surface area (Å²) in [6.07, 6.45) is 0. The van der Waals surface area contributed by atoms with Crippen molar-refractivity contribution in [3.63, 3.8) is 0 Å². The lowest BCUT2D eigenvalue weighted by Gasteiger charge is -2.33. The summed E-state index contributed by atoms with van der Waals surface area (Å²) in [6, 6.07) is 18.2. The molecule has 0 spiro atoms. The Bertz CT molecular complexity index is 833. The maximum absolute atomic E-state index is 13.0. The Morgan fingerprint density at radius 2 is 1.72 bits per heavy atom. The van der Waals surface area contributed by atoms with Gasteiger partial charge in [0.15, 0.2) is 0 Å². The molecule has 1 aromatic heterocycles. The number of hydrogen-bond donors (Lipinski definition) is 1. The van der Waals surface area contributed by atoms with Crippen LogP contribution >= 0.6 is 27.3 Å². The molecule has 0 saturated heterocycles. The van der Waals surface area contributed by atoms with E-state index in [1.807, 2.05) is 44.2 Å². The molecule has 0 fully saturated rings. The van der Waals surface area contributed by atoms with E-state index in [1.54, 1.807) is 5.51 Å². The Morgan fingerprint density at radius 1 is 1.08 bits per heavy atom. The van der Waals surface area contributed by atoms with Gasteiger partial charge in [0.05, 0.1) is 5.41 Å². The van der Waals surface area contributed by atoms with Crippen LogP contribution in [0.2, 0.25) is 0 Å². The van der Waals surface area contributed by atoms with E-state index in [1.165, 1.54) is 11.3 Å². The van der Waals surface area contributed by atoms with Crippen LogP contribution in [0.1, 0.15) is 30.9 Å². The summed E-state index contributed by atoms with van der Waals surface area (Å²) >= 11 is 4.79. The third kappa shape index (κ3) is 3.96. The normalized spacial score (nSPS) is 12.6. The molecule has 1 N–H and O–H groups in total. The molecule has 0 bridgehead atoms. The Balaban J connectivity index is 2.00. The second-order valence-electron chi connectivity index (χ2n) is 6.31. The molecule has 0 aliphatic carbocycles. The summed E-state index contributed by atoms with van der Waals surface area (Å²) < 4.78 is 1.01. The SMILES string of the molecule is CC(C)(C(=O)Nc1nncs1)C(c1ccccc1)c1ccc(Br)cc1. The van der Waals surface area contributed by atoms with Crippen molar-refractivity contribution in [3.8, 4) is 0 Å². The Labute approximate surface area is 159 Å². The first-order chi connectivity index (χ1) is 12.0. The van der Waals surface area contributed by atoms with Gasteiger partial charge in [-0.15, -0.1) is 10.2 Å². The van der Waals surface area contributed by atoms with E-state index in [4.69, 9.17) is 0 Å². The summed E-state index contributed by atoms with van der Waals surface area (Å²) in [5, 5.41) is 11.1. The number of rotatable bonds is 5. The van der Waals surface area contributed by atoms with Crippen LogP contribution in [0.15, 0.2) is 64.6 Å². The predicted octanol–water partition coefficient (Wildman–Crippen LogP) is 5.10. The van der Waals surface area contributed by atoms with E-state index >= 15 is 0 Å². The van der Waals surface area contributed by atoms with Crippen molar-refractivity contribution >= 4 is 38.3 Å². The van der Waals surface area contributed by atoms with Crippen LogP contribution < -0.4 is 5.32 Å². The molecule has 0 saturated carbocycles. The first-order valence-corrected chi connectivity index (χ1v) is 9.54. The van der Waals surface area contributed by atoms with Crippen molar-refractivity contribution in [1.29, 1.82) is 0 Å². The number of benzene rings is 2. The molecule has 128 valence electrons. The minimum Gasteiger partial charge on any atom is -0.300 e. The number of halogens is 1. The molecule has 1 amide bonds. The van der Waals surface area contributed by atoms with Crippen molar-refractivity contribution in [1.82, 2.24) is 10.2 Å². The van der Waals surface area contributed by atoms with Crippen molar-refractivity contribution in [2.75, 3.05) is 5.32 Å². The van der Waals surface area contributed by atoms with Crippen molar-refractivity contribution in [2.24, 2.45) is 5.41 Å². The van der Waals surface area contributed by atoms with Crippen LogP contribution in [0.3, 0.4) is 0 Å². The van der Waals surface area contributed by atoms with Crippen molar-refractivity contribution in [3.05, 3.63) is 75.7 Å². The lowest BCUT2D eigenvalue weighted by Crippen LogP contribution is -2.37. The highest BCUT2D eigenvalue weighted by atomic mass is 79.9. The van der Waals surface area contributed by atoms with Crippen LogP contribution in [0.4, 0.5) is 5.13 Å². The van der Waals surface area contributed by atoms with Gasteiger partial charge in [-0.2, -0.15) is 0 Å². The van der Waals surface area contributed by atoms with Crippen LogP contribution in [0.5, 0.6) is 0 Å². The average molecular weight is 416 g/mol. The van der Waals surface area contributed by atoms with Crippen LogP contribution in [0.25, 0.3) is 0 Å². The molecule has 0 aliphatic heterocycles. The summed E-state index contributed by atoms with van der Waals surface area (Å²) in [7, 11) is 0. The van der Waals surface area contributed by atoms with Crippen molar-refractivity contribution < 1.29 is 4.79 Å². The molecule has 1 unspecified atom stereocenters. The maximum atomic E-state index is 13.0. The van der Waals surface area contributed by atoms with Gasteiger partial charge in [0.1, 0.15) is 5.51 Å². The smallest absolute Gasteiger partial charge is 0.232 e. The number of carbonyl (C=O) groups excluding carboxylic acids is 1. The molecular formula is C19H18BrN3OS. The van der Waals surface area contributed by atoms with Gasteiger partial charge in [-0.05, 0) is 23.3 Å². The fourth-order valence-electron chi connectivity index (χ4n) is 2.94. The van der Waals surface area contributed by atoms with Gasteiger partial charge in [0.25, 0.3) is 0 Å². The van der Waals surface area contributed by atoms with Gasteiger partial charge in [-0.25, -0.2) is 0 Å². The highest BCUT2D eigenvalue weighted by Gasteiger charge is 2.39. The summed E-state index contributed by atoms with van der Waals surface area (Å²) in [5.41, 5.74) is 3.11. The highest BCUT2D eigenvalue weighted by molar-refractivity contribution is 9.10. The standard InChI is InChI=1S/C19H18BrN3OS/c1-19(2,17(24)22-18-23-21-12-25-18)16(13-6-4-3-5-7-13)14-8-10-15(20)11-9-14/h3-12,16H,1-2H3,(H,22,23,24). The van der Waals surface area contributed by atoms with Gasteiger partial charge in [0, 0.05) is 10.4 Å². The van der Waals surface area contributed by atoms with Crippen LogP contribution in [-0.4, -0.2) is 16.1 Å². The first kappa shape index (κ1) is 17.8. The number of anilines is 1. The van der Waals surface area contributed by atoms with Gasteiger partial charge >= 0.3 is 0 Å². The monoisotopic (exact) mass is 415 g/mol. The molecule has 6 heteroatoms. The molecule has 3 aromatic rings. The average Bonchev–Trinajstić information content (AvgIpc) is 3.11. The van der Waals surface area contributed by atoms with E-state index in [9.17, 15) is 4.79 Å². The van der Waals surface area contributed by atoms with E-state index in [0.29, 0.717) is 5.13 Å². The second kappa shape index (κ2) is 7.45. The summed E-state index contributed by atoms with van der Waals surface area (Å²) in [6.45, 7) is 3.92. The number of carbonyl (C=O) groups is 1. The fourth-order valence-corrected chi connectivity index (χ4v) is 3.65. The zero-order valence-electron chi connectivity index (χ0n) is 13.9. The Morgan fingerprint density at radius 3 is 2.32 bits per heavy atom. The van der Waals surface area contributed by atoms with Gasteiger partial charge < -0.3 is 5.32 Å². The van der Waals surface area contributed by atoms with E-state index in [0.717, 1.165) is 15.6 Å². The van der Waals surface area contributed by atoms with Gasteiger partial charge in [-0.3, -0.25) is 4.79 Å².